The molecule has 0 radical (unpaired) electrons. The van der Waals surface area contributed by atoms with Crippen LogP contribution in [0, 0.1) is 0 Å². The SMILES string of the molecule is CCN(CC)C(C)(CC)CC(=O)O. The zero-order valence-corrected chi connectivity index (χ0v) is 9.13. The van der Waals surface area contributed by atoms with Crippen molar-refractivity contribution in [3.63, 3.8) is 0 Å². The monoisotopic (exact) mass is 187 g/mol. The van der Waals surface area contributed by atoms with Gasteiger partial charge in [0.05, 0.1) is 6.42 Å². The lowest BCUT2D eigenvalue weighted by molar-refractivity contribution is -0.140. The molecule has 0 heterocycles. The zero-order valence-electron chi connectivity index (χ0n) is 9.13. The van der Waals surface area contributed by atoms with E-state index in [0.717, 1.165) is 19.5 Å². The van der Waals surface area contributed by atoms with E-state index in [2.05, 4.69) is 18.7 Å². The average molecular weight is 187 g/mol. The maximum absolute atomic E-state index is 10.7. The molecule has 1 atom stereocenters. The largest absolute Gasteiger partial charge is 0.481 e. The van der Waals surface area contributed by atoms with Gasteiger partial charge in [0.2, 0.25) is 0 Å². The van der Waals surface area contributed by atoms with E-state index in [0.29, 0.717) is 0 Å². The lowest BCUT2D eigenvalue weighted by Crippen LogP contribution is -2.47. The molecule has 3 nitrogen and oxygen atoms in total. The van der Waals surface area contributed by atoms with Gasteiger partial charge >= 0.3 is 5.97 Å². The van der Waals surface area contributed by atoms with Gasteiger partial charge in [-0.25, -0.2) is 0 Å². The molecule has 0 bridgehead atoms. The van der Waals surface area contributed by atoms with Crippen molar-refractivity contribution >= 4 is 5.97 Å². The van der Waals surface area contributed by atoms with Crippen molar-refractivity contribution in [2.75, 3.05) is 13.1 Å². The first kappa shape index (κ1) is 12.4. The van der Waals surface area contributed by atoms with Crippen LogP contribution in [0.25, 0.3) is 0 Å². The van der Waals surface area contributed by atoms with Crippen LogP contribution in [0.5, 0.6) is 0 Å². The molecule has 0 aliphatic carbocycles. The minimum Gasteiger partial charge on any atom is -0.481 e. The van der Waals surface area contributed by atoms with E-state index >= 15 is 0 Å². The molecule has 3 heteroatoms. The molecule has 13 heavy (non-hydrogen) atoms. The van der Waals surface area contributed by atoms with Gasteiger partial charge in [0.25, 0.3) is 0 Å². The Labute approximate surface area is 80.7 Å². The van der Waals surface area contributed by atoms with Crippen LogP contribution in [0.2, 0.25) is 0 Å². The first-order valence-corrected chi connectivity index (χ1v) is 4.97. The number of carboxylic acids is 1. The highest BCUT2D eigenvalue weighted by atomic mass is 16.4. The second-order valence-electron chi connectivity index (χ2n) is 3.59. The van der Waals surface area contributed by atoms with Crippen LogP contribution in [-0.4, -0.2) is 34.6 Å². The molecule has 0 aromatic heterocycles. The lowest BCUT2D eigenvalue weighted by atomic mass is 9.92. The minimum absolute atomic E-state index is 0.185. The van der Waals surface area contributed by atoms with E-state index in [4.69, 9.17) is 5.11 Å². The highest BCUT2D eigenvalue weighted by molar-refractivity contribution is 5.68. The Hall–Kier alpha value is -0.570. The summed E-state index contributed by atoms with van der Waals surface area (Å²) in [5.74, 6) is -0.712. The van der Waals surface area contributed by atoms with Gasteiger partial charge < -0.3 is 5.11 Å². The molecule has 0 spiro atoms. The smallest absolute Gasteiger partial charge is 0.305 e. The maximum atomic E-state index is 10.7. The molecule has 0 rings (SSSR count). The Bertz CT molecular complexity index is 166. The Morgan fingerprint density at radius 1 is 1.31 bits per heavy atom. The van der Waals surface area contributed by atoms with Crippen molar-refractivity contribution in [2.45, 2.75) is 46.1 Å². The Balaban J connectivity index is 4.48. The van der Waals surface area contributed by atoms with Crippen molar-refractivity contribution in [1.82, 2.24) is 4.90 Å². The van der Waals surface area contributed by atoms with Crippen molar-refractivity contribution in [2.24, 2.45) is 0 Å². The van der Waals surface area contributed by atoms with E-state index in [1.807, 2.05) is 13.8 Å². The van der Waals surface area contributed by atoms with Gasteiger partial charge in [-0.3, -0.25) is 9.69 Å². The average Bonchev–Trinajstić information content (AvgIpc) is 2.05. The Morgan fingerprint density at radius 2 is 1.77 bits per heavy atom. The van der Waals surface area contributed by atoms with Crippen LogP contribution < -0.4 is 0 Å². The normalized spacial score (nSPS) is 15.8. The molecule has 0 aliphatic heterocycles. The molecular weight excluding hydrogens is 166 g/mol. The highest BCUT2D eigenvalue weighted by Crippen LogP contribution is 2.22. The summed E-state index contributed by atoms with van der Waals surface area (Å²) < 4.78 is 0. The highest BCUT2D eigenvalue weighted by Gasteiger charge is 2.30. The van der Waals surface area contributed by atoms with E-state index in [9.17, 15) is 4.79 Å². The van der Waals surface area contributed by atoms with E-state index in [1.165, 1.54) is 0 Å². The molecule has 0 aliphatic rings. The minimum atomic E-state index is -0.712. The number of aliphatic carboxylic acids is 1. The standard InChI is InChI=1S/C10H21NO2/c1-5-10(4,8-9(12)13)11(6-2)7-3/h5-8H2,1-4H3,(H,12,13). The molecule has 0 aromatic rings. The molecular formula is C10H21NO2. The maximum Gasteiger partial charge on any atom is 0.305 e. The molecule has 78 valence electrons. The number of carboxylic acid groups (broad SMARTS) is 1. The Kier molecular flexibility index (Phi) is 4.99. The van der Waals surface area contributed by atoms with Gasteiger partial charge in [0, 0.05) is 5.54 Å². The van der Waals surface area contributed by atoms with Crippen molar-refractivity contribution in [3.05, 3.63) is 0 Å². The van der Waals surface area contributed by atoms with E-state index in [-0.39, 0.29) is 12.0 Å². The summed E-state index contributed by atoms with van der Waals surface area (Å²) in [6.45, 7) is 10.0. The van der Waals surface area contributed by atoms with Gasteiger partial charge in [-0.1, -0.05) is 20.8 Å². The number of rotatable bonds is 6. The quantitative estimate of drug-likeness (QED) is 0.691. The lowest BCUT2D eigenvalue weighted by Gasteiger charge is -2.38. The summed E-state index contributed by atoms with van der Waals surface area (Å²) >= 11 is 0. The fraction of sp³-hybridized carbons (Fsp3) is 0.900. The fourth-order valence-electron chi connectivity index (χ4n) is 1.77. The number of nitrogens with zero attached hydrogens (tertiary/aromatic N) is 1. The van der Waals surface area contributed by atoms with Crippen molar-refractivity contribution in [1.29, 1.82) is 0 Å². The predicted molar refractivity (Wildman–Crippen MR) is 53.9 cm³/mol. The Morgan fingerprint density at radius 3 is 2.00 bits per heavy atom. The van der Waals surface area contributed by atoms with Gasteiger partial charge in [-0.15, -0.1) is 0 Å². The van der Waals surface area contributed by atoms with Gasteiger partial charge in [0.1, 0.15) is 0 Å². The predicted octanol–water partition coefficient (Wildman–Crippen LogP) is 1.97. The van der Waals surface area contributed by atoms with Crippen LogP contribution >= 0.6 is 0 Å². The third-order valence-electron chi connectivity index (χ3n) is 2.82. The summed E-state index contributed by atoms with van der Waals surface area (Å²) in [5.41, 5.74) is -0.185. The van der Waals surface area contributed by atoms with E-state index < -0.39 is 5.97 Å². The third kappa shape index (κ3) is 3.35. The summed E-state index contributed by atoms with van der Waals surface area (Å²) in [6.07, 6.45) is 1.10. The summed E-state index contributed by atoms with van der Waals surface area (Å²) in [7, 11) is 0. The van der Waals surface area contributed by atoms with Crippen LogP contribution in [0.1, 0.15) is 40.5 Å². The molecule has 0 saturated heterocycles. The van der Waals surface area contributed by atoms with Crippen LogP contribution in [0.3, 0.4) is 0 Å². The van der Waals surface area contributed by atoms with Crippen molar-refractivity contribution < 1.29 is 9.90 Å². The van der Waals surface area contributed by atoms with Gasteiger partial charge in [-0.05, 0) is 26.4 Å². The molecule has 1 unspecified atom stereocenters. The summed E-state index contributed by atoms with van der Waals surface area (Å²) in [4.78, 5) is 12.9. The van der Waals surface area contributed by atoms with Crippen LogP contribution in [-0.2, 0) is 4.79 Å². The first-order valence-electron chi connectivity index (χ1n) is 4.97. The second-order valence-corrected chi connectivity index (χ2v) is 3.59. The topological polar surface area (TPSA) is 40.5 Å². The molecule has 0 fully saturated rings. The summed E-state index contributed by atoms with van der Waals surface area (Å²) in [6, 6.07) is 0. The van der Waals surface area contributed by atoms with Gasteiger partial charge in [0.15, 0.2) is 0 Å². The fourth-order valence-corrected chi connectivity index (χ4v) is 1.77. The van der Waals surface area contributed by atoms with Crippen LogP contribution in [0.15, 0.2) is 0 Å². The molecule has 0 aromatic carbocycles. The second kappa shape index (κ2) is 5.22. The number of hydrogen-bond acceptors (Lipinski definition) is 2. The van der Waals surface area contributed by atoms with Crippen LogP contribution in [0.4, 0.5) is 0 Å². The van der Waals surface area contributed by atoms with Crippen molar-refractivity contribution in [3.8, 4) is 0 Å². The number of carbonyl (C=O) groups is 1. The zero-order chi connectivity index (χ0) is 10.5. The van der Waals surface area contributed by atoms with Gasteiger partial charge in [-0.2, -0.15) is 0 Å². The van der Waals surface area contributed by atoms with E-state index in [1.54, 1.807) is 0 Å². The summed E-state index contributed by atoms with van der Waals surface area (Å²) in [5, 5.41) is 8.79. The molecule has 1 N–H and O–H groups in total. The third-order valence-corrected chi connectivity index (χ3v) is 2.82. The molecule has 0 saturated carbocycles. The number of hydrogen-bond donors (Lipinski definition) is 1. The molecule has 0 amide bonds. The first-order chi connectivity index (χ1) is 6.00.